The molecule has 0 bridgehead atoms. The van der Waals surface area contributed by atoms with E-state index in [1.165, 1.54) is 6.07 Å². The lowest BCUT2D eigenvalue weighted by Gasteiger charge is -2.13. The Morgan fingerprint density at radius 3 is 2.92 bits per heavy atom. The lowest BCUT2D eigenvalue weighted by atomic mass is 10.2. The minimum Gasteiger partial charge on any atom is -0.494 e. The molecule has 0 aliphatic heterocycles. The van der Waals surface area contributed by atoms with E-state index < -0.39 is 4.92 Å². The summed E-state index contributed by atoms with van der Waals surface area (Å²) in [4.78, 5) is 15.1. The van der Waals surface area contributed by atoms with Gasteiger partial charge in [0, 0.05) is 11.6 Å². The average Bonchev–Trinajstić information content (AvgIpc) is 3.00. The first-order chi connectivity index (χ1) is 11.5. The van der Waals surface area contributed by atoms with E-state index in [-0.39, 0.29) is 5.69 Å². The lowest BCUT2D eigenvalue weighted by molar-refractivity contribution is -0.384. The second-order valence-electron chi connectivity index (χ2n) is 4.97. The summed E-state index contributed by atoms with van der Waals surface area (Å²) in [6.45, 7) is 4.00. The maximum Gasteiger partial charge on any atom is 0.296 e. The maximum absolute atomic E-state index is 11.4. The van der Waals surface area contributed by atoms with E-state index in [1.807, 2.05) is 6.92 Å². The Balaban J connectivity index is 2.10. The number of hydrogen-bond donors (Lipinski definition) is 1. The second kappa shape index (κ2) is 6.32. The van der Waals surface area contributed by atoms with Crippen LogP contribution < -0.4 is 10.1 Å². The van der Waals surface area contributed by atoms with E-state index in [0.29, 0.717) is 40.2 Å². The molecule has 0 atom stereocenters. The van der Waals surface area contributed by atoms with Gasteiger partial charge in [-0.3, -0.25) is 10.1 Å². The topological polar surface area (TPSA) is 94.6 Å². The Kier molecular flexibility index (Phi) is 4.22. The molecule has 9 heteroatoms. The van der Waals surface area contributed by atoms with Gasteiger partial charge in [0.05, 0.1) is 23.8 Å². The third-order valence-corrected chi connectivity index (χ3v) is 3.81. The Bertz CT molecular complexity index is 925. The third kappa shape index (κ3) is 2.83. The molecule has 3 rings (SSSR count). The highest BCUT2D eigenvalue weighted by Gasteiger charge is 2.19. The van der Waals surface area contributed by atoms with Crippen molar-refractivity contribution in [3.63, 3.8) is 0 Å². The number of nitro groups is 1. The summed E-state index contributed by atoms with van der Waals surface area (Å²) >= 11 is 6.14. The van der Waals surface area contributed by atoms with Gasteiger partial charge in [0.1, 0.15) is 22.4 Å². The smallest absolute Gasteiger partial charge is 0.296 e. The molecule has 8 nitrogen and oxygen atoms in total. The molecule has 0 saturated heterocycles. The summed E-state index contributed by atoms with van der Waals surface area (Å²) in [7, 11) is 0. The number of halogens is 1. The van der Waals surface area contributed by atoms with Crippen molar-refractivity contribution in [1.29, 1.82) is 0 Å². The predicted molar refractivity (Wildman–Crippen MR) is 90.3 cm³/mol. The molecule has 0 unspecified atom stereocenters. The predicted octanol–water partition coefficient (Wildman–Crippen LogP) is 3.74. The van der Waals surface area contributed by atoms with Crippen LogP contribution in [0.2, 0.25) is 5.15 Å². The molecule has 0 aliphatic carbocycles. The van der Waals surface area contributed by atoms with Crippen molar-refractivity contribution in [2.45, 2.75) is 13.8 Å². The van der Waals surface area contributed by atoms with Crippen molar-refractivity contribution in [3.05, 3.63) is 51.3 Å². The highest BCUT2D eigenvalue weighted by molar-refractivity contribution is 6.30. The molecule has 124 valence electrons. The van der Waals surface area contributed by atoms with Crippen LogP contribution in [0.15, 0.2) is 30.5 Å². The molecule has 2 aromatic heterocycles. The fraction of sp³-hybridized carbons (Fsp3) is 0.200. The number of nitrogens with one attached hydrogen (secondary N) is 1. The molecule has 0 spiro atoms. The van der Waals surface area contributed by atoms with Crippen LogP contribution in [0.5, 0.6) is 5.75 Å². The Labute approximate surface area is 142 Å². The molecular formula is C15H14ClN5O3. The van der Waals surface area contributed by atoms with E-state index in [2.05, 4.69) is 15.4 Å². The highest BCUT2D eigenvalue weighted by atomic mass is 35.5. The summed E-state index contributed by atoms with van der Waals surface area (Å²) in [5, 5.41) is 18.9. The van der Waals surface area contributed by atoms with Gasteiger partial charge < -0.3 is 10.1 Å². The van der Waals surface area contributed by atoms with Gasteiger partial charge in [-0.1, -0.05) is 11.6 Å². The largest absolute Gasteiger partial charge is 0.494 e. The van der Waals surface area contributed by atoms with Crippen LogP contribution >= 0.6 is 11.6 Å². The zero-order valence-electron chi connectivity index (χ0n) is 13.0. The first kappa shape index (κ1) is 16.0. The van der Waals surface area contributed by atoms with Crippen LogP contribution in [0, 0.1) is 17.0 Å². The summed E-state index contributed by atoms with van der Waals surface area (Å²) in [5.41, 5.74) is 1.39. The summed E-state index contributed by atoms with van der Waals surface area (Å²) < 4.78 is 6.86. The molecule has 0 fully saturated rings. The van der Waals surface area contributed by atoms with Crippen LogP contribution in [-0.4, -0.2) is 26.1 Å². The number of benzene rings is 1. The van der Waals surface area contributed by atoms with Gasteiger partial charge in [-0.15, -0.1) is 0 Å². The summed E-state index contributed by atoms with van der Waals surface area (Å²) in [5.74, 6) is 0.950. The fourth-order valence-corrected chi connectivity index (χ4v) is 2.47. The second-order valence-corrected chi connectivity index (χ2v) is 5.33. The van der Waals surface area contributed by atoms with E-state index >= 15 is 0 Å². The van der Waals surface area contributed by atoms with Gasteiger partial charge in [0.25, 0.3) is 5.69 Å². The number of anilines is 2. The van der Waals surface area contributed by atoms with Gasteiger partial charge in [-0.05, 0) is 26.0 Å². The van der Waals surface area contributed by atoms with Crippen LogP contribution in [0.25, 0.3) is 5.65 Å². The SMILES string of the molecule is CCOc1ccc(Nc2c(C)c(Cl)nc3ccnn23)c([N+](=O)[O-])c1. The van der Waals surface area contributed by atoms with Crippen molar-refractivity contribution >= 4 is 34.4 Å². The number of nitrogens with zero attached hydrogens (tertiary/aromatic N) is 4. The van der Waals surface area contributed by atoms with Crippen molar-refractivity contribution in [1.82, 2.24) is 14.6 Å². The van der Waals surface area contributed by atoms with Crippen molar-refractivity contribution in [3.8, 4) is 5.75 Å². The Morgan fingerprint density at radius 2 is 2.21 bits per heavy atom. The highest BCUT2D eigenvalue weighted by Crippen LogP contribution is 2.33. The maximum atomic E-state index is 11.4. The van der Waals surface area contributed by atoms with E-state index in [1.54, 1.807) is 35.8 Å². The Hall–Kier alpha value is -2.87. The van der Waals surface area contributed by atoms with Crippen LogP contribution in [0.3, 0.4) is 0 Å². The van der Waals surface area contributed by atoms with E-state index in [0.717, 1.165) is 0 Å². The number of rotatable bonds is 5. The van der Waals surface area contributed by atoms with Gasteiger partial charge in [0.2, 0.25) is 0 Å². The Morgan fingerprint density at radius 1 is 1.42 bits per heavy atom. The number of fused-ring (bicyclic) bond motifs is 1. The molecular weight excluding hydrogens is 334 g/mol. The molecule has 0 radical (unpaired) electrons. The van der Waals surface area contributed by atoms with E-state index in [9.17, 15) is 10.1 Å². The first-order valence-corrected chi connectivity index (χ1v) is 7.57. The quantitative estimate of drug-likeness (QED) is 0.429. The summed E-state index contributed by atoms with van der Waals surface area (Å²) in [6, 6.07) is 6.33. The average molecular weight is 348 g/mol. The zero-order valence-corrected chi connectivity index (χ0v) is 13.7. The molecule has 0 amide bonds. The van der Waals surface area contributed by atoms with Crippen LogP contribution in [0.4, 0.5) is 17.2 Å². The minimum absolute atomic E-state index is 0.103. The number of nitro benzene ring substituents is 1. The molecule has 3 aromatic rings. The third-order valence-electron chi connectivity index (χ3n) is 3.44. The van der Waals surface area contributed by atoms with E-state index in [4.69, 9.17) is 16.3 Å². The van der Waals surface area contributed by atoms with Gasteiger partial charge in [0.15, 0.2) is 5.65 Å². The fourth-order valence-electron chi connectivity index (χ4n) is 2.29. The molecule has 1 aromatic carbocycles. The molecule has 1 N–H and O–H groups in total. The molecule has 0 saturated carbocycles. The number of ether oxygens (including phenoxy) is 1. The monoisotopic (exact) mass is 347 g/mol. The number of hydrogen-bond acceptors (Lipinski definition) is 6. The molecule has 2 heterocycles. The van der Waals surface area contributed by atoms with Crippen LogP contribution in [0.1, 0.15) is 12.5 Å². The summed E-state index contributed by atoms with van der Waals surface area (Å²) in [6.07, 6.45) is 1.58. The van der Waals surface area contributed by atoms with Crippen molar-refractivity contribution in [2.75, 3.05) is 11.9 Å². The standard InChI is InChI=1S/C15H14ClN5O3/c1-3-24-10-4-5-11(12(8-10)21(22)23)18-15-9(2)14(16)19-13-6-7-17-20(13)15/h4-8,18H,3H2,1-2H3. The lowest BCUT2D eigenvalue weighted by Crippen LogP contribution is -2.06. The van der Waals surface area contributed by atoms with Gasteiger partial charge in [-0.25, -0.2) is 4.98 Å². The molecule has 24 heavy (non-hydrogen) atoms. The van der Waals surface area contributed by atoms with Crippen molar-refractivity contribution < 1.29 is 9.66 Å². The normalized spacial score (nSPS) is 10.8. The van der Waals surface area contributed by atoms with Gasteiger partial charge >= 0.3 is 0 Å². The first-order valence-electron chi connectivity index (χ1n) is 7.19. The van der Waals surface area contributed by atoms with Crippen LogP contribution in [-0.2, 0) is 0 Å². The van der Waals surface area contributed by atoms with Gasteiger partial charge in [-0.2, -0.15) is 9.61 Å². The minimum atomic E-state index is -0.469. The number of aromatic nitrogens is 3. The molecule has 0 aliphatic rings. The van der Waals surface area contributed by atoms with Crippen molar-refractivity contribution in [2.24, 2.45) is 0 Å². The zero-order chi connectivity index (χ0) is 17.3.